The van der Waals surface area contributed by atoms with Crippen LogP contribution in [-0.2, 0) is 12.6 Å². The molecule has 2 aliphatic rings. The van der Waals surface area contributed by atoms with Gasteiger partial charge in [0.25, 0.3) is 5.91 Å². The topological polar surface area (TPSA) is 50.6 Å². The lowest BCUT2D eigenvalue weighted by Gasteiger charge is -2.29. The number of rotatable bonds is 5. The molecule has 2 aliphatic heterocycles. The van der Waals surface area contributed by atoms with Gasteiger partial charge in [-0.2, -0.15) is 18.3 Å². The second-order valence-electron chi connectivity index (χ2n) is 7.37. The van der Waals surface area contributed by atoms with Crippen LogP contribution < -0.4 is 4.74 Å². The Morgan fingerprint density at radius 1 is 1.07 bits per heavy atom. The van der Waals surface area contributed by atoms with Crippen LogP contribution in [0, 0.1) is 0 Å². The Morgan fingerprint density at radius 2 is 1.76 bits per heavy atom. The van der Waals surface area contributed by atoms with Crippen molar-refractivity contribution in [3.63, 3.8) is 0 Å². The zero-order valence-electron chi connectivity index (χ0n) is 16.2. The van der Waals surface area contributed by atoms with E-state index in [9.17, 15) is 18.0 Å². The van der Waals surface area contributed by atoms with Crippen LogP contribution in [0.1, 0.15) is 34.6 Å². The van der Waals surface area contributed by atoms with Gasteiger partial charge >= 0.3 is 6.18 Å². The van der Waals surface area contributed by atoms with Crippen molar-refractivity contribution in [3.05, 3.63) is 41.2 Å². The molecule has 0 unspecified atom stereocenters. The molecule has 1 amide bonds. The second-order valence-corrected chi connectivity index (χ2v) is 7.37. The minimum atomic E-state index is -4.61. The van der Waals surface area contributed by atoms with E-state index in [0.29, 0.717) is 18.0 Å². The second kappa shape index (κ2) is 7.70. The zero-order valence-corrected chi connectivity index (χ0v) is 16.2. The van der Waals surface area contributed by atoms with E-state index >= 15 is 0 Å². The Kier molecular flexibility index (Phi) is 5.24. The van der Waals surface area contributed by atoms with Crippen LogP contribution in [0.3, 0.4) is 0 Å². The van der Waals surface area contributed by atoms with Gasteiger partial charge in [0.1, 0.15) is 11.4 Å². The lowest BCUT2D eigenvalue weighted by molar-refractivity contribution is -0.142. The molecule has 1 aromatic carbocycles. The van der Waals surface area contributed by atoms with E-state index < -0.39 is 17.8 Å². The first-order valence-electron chi connectivity index (χ1n) is 9.73. The van der Waals surface area contributed by atoms with Gasteiger partial charge in [-0.3, -0.25) is 4.79 Å². The fourth-order valence-electron chi connectivity index (χ4n) is 4.02. The largest absolute Gasteiger partial charge is 0.497 e. The monoisotopic (exact) mass is 408 g/mol. The fourth-order valence-corrected chi connectivity index (χ4v) is 4.02. The van der Waals surface area contributed by atoms with Crippen molar-refractivity contribution in [1.82, 2.24) is 19.6 Å². The van der Waals surface area contributed by atoms with Crippen molar-refractivity contribution in [1.29, 1.82) is 0 Å². The number of carbonyl (C=O) groups is 1. The van der Waals surface area contributed by atoms with E-state index in [1.165, 1.54) is 7.11 Å². The van der Waals surface area contributed by atoms with Gasteiger partial charge < -0.3 is 14.5 Å². The highest BCUT2D eigenvalue weighted by Crippen LogP contribution is 2.36. The fraction of sp³-hybridized carbons (Fsp3) is 0.500. The molecule has 2 aromatic rings. The maximum atomic E-state index is 13.6. The Bertz CT molecular complexity index is 886. The number of fused-ring (bicyclic) bond motifs is 1. The van der Waals surface area contributed by atoms with Crippen LogP contribution in [0.15, 0.2) is 24.3 Å². The molecule has 0 N–H and O–H groups in total. The number of likely N-dealkylation sites (tertiary alicyclic amines) is 1. The summed E-state index contributed by atoms with van der Waals surface area (Å²) in [6, 6.07) is 6.47. The smallest absolute Gasteiger partial charge is 0.435 e. The van der Waals surface area contributed by atoms with E-state index in [0.717, 1.165) is 37.2 Å². The van der Waals surface area contributed by atoms with E-state index in [-0.39, 0.29) is 24.2 Å². The zero-order chi connectivity index (χ0) is 20.6. The molecule has 4 rings (SSSR count). The number of halogens is 3. The first-order valence-corrected chi connectivity index (χ1v) is 9.73. The van der Waals surface area contributed by atoms with E-state index in [1.807, 2.05) is 0 Å². The summed E-state index contributed by atoms with van der Waals surface area (Å²) in [5, 5.41) is 3.80. The highest BCUT2D eigenvalue weighted by molar-refractivity contribution is 5.96. The summed E-state index contributed by atoms with van der Waals surface area (Å²) in [4.78, 5) is 17.1. The summed E-state index contributed by atoms with van der Waals surface area (Å²) < 4.78 is 47.0. The van der Waals surface area contributed by atoms with E-state index in [4.69, 9.17) is 4.74 Å². The van der Waals surface area contributed by atoms with Crippen LogP contribution >= 0.6 is 0 Å². The Labute approximate surface area is 166 Å². The molecule has 9 heteroatoms. The Hall–Kier alpha value is -2.55. The van der Waals surface area contributed by atoms with Gasteiger partial charge in [0.2, 0.25) is 0 Å². The van der Waals surface area contributed by atoms with Crippen LogP contribution in [0.5, 0.6) is 5.75 Å². The first kappa shape index (κ1) is 19.8. The molecule has 1 saturated heterocycles. The molecular formula is C20H23F3N4O2. The number of alkyl halides is 3. The highest BCUT2D eigenvalue weighted by atomic mass is 19.4. The molecule has 156 valence electrons. The lowest BCUT2D eigenvalue weighted by Crippen LogP contribution is -2.43. The molecular weight excluding hydrogens is 385 g/mol. The first-order chi connectivity index (χ1) is 13.9. The van der Waals surface area contributed by atoms with Gasteiger partial charge in [-0.25, -0.2) is 4.68 Å². The highest BCUT2D eigenvalue weighted by Gasteiger charge is 2.43. The van der Waals surface area contributed by atoms with Crippen molar-refractivity contribution >= 4 is 5.91 Å². The van der Waals surface area contributed by atoms with Crippen LogP contribution in [0.25, 0.3) is 5.69 Å². The van der Waals surface area contributed by atoms with Gasteiger partial charge in [0, 0.05) is 25.2 Å². The average molecular weight is 408 g/mol. The number of hydrogen-bond donors (Lipinski definition) is 0. The number of carbonyl (C=O) groups excluding carboxylic acids is 1. The van der Waals surface area contributed by atoms with E-state index in [2.05, 4.69) is 10.00 Å². The maximum absolute atomic E-state index is 13.6. The maximum Gasteiger partial charge on any atom is 0.435 e. The minimum absolute atomic E-state index is 0.00941. The third-order valence-electron chi connectivity index (χ3n) is 5.58. The van der Waals surface area contributed by atoms with Gasteiger partial charge in [-0.05, 0) is 56.6 Å². The summed E-state index contributed by atoms with van der Waals surface area (Å²) >= 11 is 0. The number of aromatic nitrogens is 2. The summed E-state index contributed by atoms with van der Waals surface area (Å²) in [5.41, 5.74) is -0.589. The van der Waals surface area contributed by atoms with Crippen molar-refractivity contribution in [2.24, 2.45) is 0 Å². The number of benzene rings is 1. The molecule has 0 saturated carbocycles. The normalized spacial score (nSPS) is 17.7. The predicted octanol–water partition coefficient (Wildman–Crippen LogP) is 2.99. The molecule has 0 spiro atoms. The van der Waals surface area contributed by atoms with Gasteiger partial charge in [0.05, 0.1) is 12.8 Å². The van der Waals surface area contributed by atoms with Crippen LogP contribution in [0.4, 0.5) is 13.2 Å². The van der Waals surface area contributed by atoms with Crippen molar-refractivity contribution < 1.29 is 22.7 Å². The summed E-state index contributed by atoms with van der Waals surface area (Å²) in [7, 11) is 1.51. The number of methoxy groups -OCH3 is 1. The predicted molar refractivity (Wildman–Crippen MR) is 100 cm³/mol. The molecule has 6 nitrogen and oxygen atoms in total. The SMILES string of the molecule is COc1ccc(-n2nc(C(F)(F)F)c3c2C(=O)N(CCN2CCCC2)CC3)cc1. The number of nitrogens with zero attached hydrogens (tertiary/aromatic N) is 4. The van der Waals surface area contributed by atoms with Gasteiger partial charge in [0.15, 0.2) is 5.69 Å². The minimum Gasteiger partial charge on any atom is -0.497 e. The molecule has 0 aliphatic carbocycles. The van der Waals surface area contributed by atoms with Crippen molar-refractivity contribution in [3.8, 4) is 11.4 Å². The number of hydrogen-bond acceptors (Lipinski definition) is 4. The Balaban J connectivity index is 1.68. The molecule has 3 heterocycles. The Morgan fingerprint density at radius 3 is 2.38 bits per heavy atom. The summed E-state index contributed by atoms with van der Waals surface area (Å²) in [6.45, 7) is 3.54. The summed E-state index contributed by atoms with van der Waals surface area (Å²) in [6.07, 6.45) is -2.17. The molecule has 0 radical (unpaired) electrons. The number of amides is 1. The third kappa shape index (κ3) is 3.83. The van der Waals surface area contributed by atoms with Crippen molar-refractivity contribution in [2.75, 3.05) is 39.8 Å². The lowest BCUT2D eigenvalue weighted by atomic mass is 10.0. The summed E-state index contributed by atoms with van der Waals surface area (Å²) in [5.74, 6) is 0.175. The molecule has 1 aromatic heterocycles. The molecule has 0 atom stereocenters. The molecule has 29 heavy (non-hydrogen) atoms. The number of ether oxygens (including phenoxy) is 1. The third-order valence-corrected chi connectivity index (χ3v) is 5.58. The van der Waals surface area contributed by atoms with Crippen molar-refractivity contribution in [2.45, 2.75) is 25.4 Å². The average Bonchev–Trinajstić information content (AvgIpc) is 3.35. The molecule has 0 bridgehead atoms. The standard InChI is InChI=1S/C20H23F3N4O2/c1-29-15-6-4-14(5-7-15)27-17-16(18(24-27)20(21,22)23)8-11-26(19(17)28)13-12-25-9-2-3-10-25/h4-7H,2-3,8-13H2,1H3. The van der Waals surface area contributed by atoms with Crippen LogP contribution in [-0.4, -0.2) is 65.3 Å². The van der Waals surface area contributed by atoms with Gasteiger partial charge in [-0.1, -0.05) is 0 Å². The van der Waals surface area contributed by atoms with Crippen LogP contribution in [0.2, 0.25) is 0 Å². The molecule has 1 fully saturated rings. The van der Waals surface area contributed by atoms with Gasteiger partial charge in [-0.15, -0.1) is 0 Å². The van der Waals surface area contributed by atoms with E-state index in [1.54, 1.807) is 29.2 Å². The quantitative estimate of drug-likeness (QED) is 0.763.